The highest BCUT2D eigenvalue weighted by atomic mass is 19.4. The fraction of sp³-hybridized carbons (Fsp3) is 0.258. The third-order valence-electron chi connectivity index (χ3n) is 7.53. The van der Waals surface area contributed by atoms with Gasteiger partial charge in [0.05, 0.1) is 17.3 Å². The summed E-state index contributed by atoms with van der Waals surface area (Å²) >= 11 is 0. The van der Waals surface area contributed by atoms with Crippen molar-refractivity contribution in [2.75, 3.05) is 18.4 Å². The Morgan fingerprint density at radius 1 is 0.977 bits per heavy atom. The number of rotatable bonds is 8. The Morgan fingerprint density at radius 2 is 1.67 bits per heavy atom. The molecule has 3 N–H and O–H groups in total. The van der Waals surface area contributed by atoms with E-state index in [0.717, 1.165) is 5.56 Å². The first-order valence-corrected chi connectivity index (χ1v) is 13.5. The molecule has 0 bridgehead atoms. The molecule has 0 aromatic heterocycles. The van der Waals surface area contributed by atoms with Gasteiger partial charge in [0, 0.05) is 42.9 Å². The number of fused-ring (bicyclic) bond motifs is 1. The van der Waals surface area contributed by atoms with Gasteiger partial charge in [-0.25, -0.2) is 14.4 Å². The molecule has 0 spiro atoms. The second-order valence-corrected chi connectivity index (χ2v) is 10.3. The first-order valence-electron chi connectivity index (χ1n) is 13.5. The van der Waals surface area contributed by atoms with Crippen molar-refractivity contribution < 1.29 is 42.5 Å². The number of nitrogens with zero attached hydrogens (tertiary/aromatic N) is 2. The smallest absolute Gasteiger partial charge is 0.478 e. The molecule has 3 aromatic rings. The summed E-state index contributed by atoms with van der Waals surface area (Å²) in [5.41, 5.74) is 1.98. The van der Waals surface area contributed by atoms with Crippen LogP contribution in [-0.4, -0.2) is 63.5 Å². The van der Waals surface area contributed by atoms with Gasteiger partial charge in [0.15, 0.2) is 0 Å². The van der Waals surface area contributed by atoms with E-state index in [1.54, 1.807) is 23.1 Å². The standard InChI is InChI=1S/C31H28F3N3O6/c32-31(33,34)43-22-9-4-6-19(16-22)18-36-14-12-21(13-15-36)37-28(20-7-2-1-3-8-20)24-11-5-10-23(27(24)35-30(37)42)25(29(40)41)17-26(38)39/h1-11,16-17,21,28H,12-15,18H2,(H,35,42)(H,38,39)(H,40,41). The number of carboxylic acid groups (broad SMARTS) is 2. The van der Waals surface area contributed by atoms with Crippen LogP contribution in [0.25, 0.3) is 5.57 Å². The minimum absolute atomic E-state index is 0.0906. The molecule has 2 heterocycles. The molecule has 12 heteroatoms. The largest absolute Gasteiger partial charge is 0.573 e. The lowest BCUT2D eigenvalue weighted by Crippen LogP contribution is -2.52. The van der Waals surface area contributed by atoms with E-state index in [-0.39, 0.29) is 23.0 Å². The van der Waals surface area contributed by atoms with Crippen LogP contribution in [0.15, 0.2) is 78.9 Å². The molecule has 43 heavy (non-hydrogen) atoms. The maximum Gasteiger partial charge on any atom is 0.573 e. The average molecular weight is 596 g/mol. The van der Waals surface area contributed by atoms with Crippen molar-refractivity contribution in [1.82, 2.24) is 9.80 Å². The van der Waals surface area contributed by atoms with Crippen LogP contribution in [-0.2, 0) is 16.1 Å². The lowest BCUT2D eigenvalue weighted by Gasteiger charge is -2.45. The summed E-state index contributed by atoms with van der Waals surface area (Å²) in [6.07, 6.45) is -3.00. The van der Waals surface area contributed by atoms with Crippen LogP contribution >= 0.6 is 0 Å². The number of nitrogens with one attached hydrogen (secondary N) is 1. The van der Waals surface area contributed by atoms with Crippen LogP contribution in [0.3, 0.4) is 0 Å². The Bertz CT molecular complexity index is 1550. The third-order valence-corrected chi connectivity index (χ3v) is 7.53. The normalized spacial score (nSPS) is 18.1. The monoisotopic (exact) mass is 595 g/mol. The minimum Gasteiger partial charge on any atom is -0.478 e. The number of hydrogen-bond acceptors (Lipinski definition) is 5. The van der Waals surface area contributed by atoms with Crippen LogP contribution in [0.4, 0.5) is 23.7 Å². The van der Waals surface area contributed by atoms with Gasteiger partial charge in [0.25, 0.3) is 0 Å². The highest BCUT2D eigenvalue weighted by Gasteiger charge is 2.40. The summed E-state index contributed by atoms with van der Waals surface area (Å²) in [5.74, 6) is -3.14. The zero-order valence-corrected chi connectivity index (χ0v) is 22.8. The van der Waals surface area contributed by atoms with Crippen molar-refractivity contribution in [2.45, 2.75) is 37.8 Å². The van der Waals surface area contributed by atoms with E-state index in [1.165, 1.54) is 24.3 Å². The van der Waals surface area contributed by atoms with Gasteiger partial charge >= 0.3 is 24.3 Å². The van der Waals surface area contributed by atoms with Crippen molar-refractivity contribution in [3.8, 4) is 5.75 Å². The Balaban J connectivity index is 1.41. The molecule has 3 aromatic carbocycles. The number of ether oxygens (including phenoxy) is 1. The molecular weight excluding hydrogens is 567 g/mol. The summed E-state index contributed by atoms with van der Waals surface area (Å²) in [6, 6.07) is 18.8. The zero-order chi connectivity index (χ0) is 30.7. The maximum atomic E-state index is 13.7. The van der Waals surface area contributed by atoms with Crippen molar-refractivity contribution in [2.24, 2.45) is 0 Å². The molecule has 2 aliphatic heterocycles. The van der Waals surface area contributed by atoms with Gasteiger partial charge in [0.2, 0.25) is 0 Å². The van der Waals surface area contributed by atoms with E-state index in [0.29, 0.717) is 49.7 Å². The Hall–Kier alpha value is -4.84. The minimum atomic E-state index is -4.78. The number of amides is 2. The van der Waals surface area contributed by atoms with Crippen molar-refractivity contribution in [3.05, 3.63) is 101 Å². The van der Waals surface area contributed by atoms with Gasteiger partial charge in [-0.3, -0.25) is 4.90 Å². The molecule has 2 amide bonds. The fourth-order valence-corrected chi connectivity index (χ4v) is 5.79. The van der Waals surface area contributed by atoms with Crippen LogP contribution < -0.4 is 10.1 Å². The number of anilines is 1. The molecule has 0 radical (unpaired) electrons. The first kappa shape index (κ1) is 29.6. The fourth-order valence-electron chi connectivity index (χ4n) is 5.79. The number of urea groups is 1. The Morgan fingerprint density at radius 3 is 2.33 bits per heavy atom. The lowest BCUT2D eigenvalue weighted by molar-refractivity contribution is -0.274. The third kappa shape index (κ3) is 6.81. The van der Waals surface area contributed by atoms with Gasteiger partial charge in [-0.15, -0.1) is 13.2 Å². The summed E-state index contributed by atoms with van der Waals surface area (Å²) in [7, 11) is 0. The topological polar surface area (TPSA) is 119 Å². The summed E-state index contributed by atoms with van der Waals surface area (Å²) < 4.78 is 42.0. The highest BCUT2D eigenvalue weighted by Crippen LogP contribution is 2.43. The molecule has 5 rings (SSSR count). The predicted molar refractivity (Wildman–Crippen MR) is 150 cm³/mol. The number of carboxylic acids is 2. The number of carbonyl (C=O) groups excluding carboxylic acids is 1. The number of alkyl halides is 3. The molecule has 2 aliphatic rings. The van der Waals surface area contributed by atoms with Gasteiger partial charge in [-0.2, -0.15) is 0 Å². The number of piperidine rings is 1. The number of aliphatic carboxylic acids is 2. The second-order valence-electron chi connectivity index (χ2n) is 10.3. The molecule has 1 saturated heterocycles. The Kier molecular flexibility index (Phi) is 8.40. The average Bonchev–Trinajstić information content (AvgIpc) is 2.95. The highest BCUT2D eigenvalue weighted by molar-refractivity contribution is 6.21. The zero-order valence-electron chi connectivity index (χ0n) is 22.8. The number of benzene rings is 3. The molecule has 224 valence electrons. The SMILES string of the molecule is O=C(O)C=C(C(=O)O)c1cccc2c1NC(=O)N(C1CCN(Cc3cccc(OC(F)(F)F)c3)CC1)C2c1ccccc1. The molecule has 1 atom stereocenters. The summed E-state index contributed by atoms with van der Waals surface area (Å²) in [5, 5.41) is 21.9. The van der Waals surface area contributed by atoms with Gasteiger partial charge in [0.1, 0.15) is 5.75 Å². The van der Waals surface area contributed by atoms with E-state index in [2.05, 4.69) is 15.0 Å². The predicted octanol–water partition coefficient (Wildman–Crippen LogP) is 5.74. The number of carbonyl (C=O) groups is 3. The number of likely N-dealkylation sites (tertiary alicyclic amines) is 1. The van der Waals surface area contributed by atoms with Crippen LogP contribution in [0.2, 0.25) is 0 Å². The molecule has 0 aliphatic carbocycles. The number of hydrogen-bond donors (Lipinski definition) is 3. The van der Waals surface area contributed by atoms with E-state index >= 15 is 0 Å². The van der Waals surface area contributed by atoms with E-state index in [9.17, 15) is 37.8 Å². The molecule has 0 saturated carbocycles. The maximum absolute atomic E-state index is 13.7. The van der Waals surface area contributed by atoms with Crippen LogP contribution in [0.1, 0.15) is 41.1 Å². The molecule has 9 nitrogen and oxygen atoms in total. The van der Waals surface area contributed by atoms with Crippen LogP contribution in [0, 0.1) is 0 Å². The Labute approximate surface area is 244 Å². The van der Waals surface area contributed by atoms with Gasteiger partial charge < -0.3 is 25.2 Å². The number of para-hydroxylation sites is 1. The molecule has 1 fully saturated rings. The summed E-state index contributed by atoms with van der Waals surface area (Å²) in [4.78, 5) is 41.0. The van der Waals surface area contributed by atoms with E-state index in [4.69, 9.17) is 0 Å². The first-order chi connectivity index (χ1) is 20.5. The number of halogens is 3. The quantitative estimate of drug-likeness (QED) is 0.284. The van der Waals surface area contributed by atoms with Gasteiger partial charge in [-0.05, 0) is 36.1 Å². The second kappa shape index (κ2) is 12.2. The van der Waals surface area contributed by atoms with E-state index < -0.39 is 35.9 Å². The van der Waals surface area contributed by atoms with Crippen molar-refractivity contribution in [3.63, 3.8) is 0 Å². The van der Waals surface area contributed by atoms with Gasteiger partial charge in [-0.1, -0.05) is 60.7 Å². The van der Waals surface area contributed by atoms with Crippen molar-refractivity contribution in [1.29, 1.82) is 0 Å². The van der Waals surface area contributed by atoms with Crippen molar-refractivity contribution >= 4 is 29.2 Å². The van der Waals surface area contributed by atoms with Crippen LogP contribution in [0.5, 0.6) is 5.75 Å². The lowest BCUT2D eigenvalue weighted by atomic mass is 9.87. The summed E-state index contributed by atoms with van der Waals surface area (Å²) in [6.45, 7) is 1.57. The molecule has 1 unspecified atom stereocenters. The van der Waals surface area contributed by atoms with E-state index in [1.807, 2.05) is 30.3 Å². The molecular formula is C31H28F3N3O6.